The van der Waals surface area contributed by atoms with Gasteiger partial charge in [0, 0.05) is 12.6 Å². The molecule has 1 N–H and O–H groups in total. The monoisotopic (exact) mass is 380 g/mol. The predicted octanol–water partition coefficient (Wildman–Crippen LogP) is 2.79. The van der Waals surface area contributed by atoms with Gasteiger partial charge in [0.15, 0.2) is 22.8 Å². The van der Waals surface area contributed by atoms with E-state index in [1.54, 1.807) is 12.1 Å². The van der Waals surface area contributed by atoms with E-state index in [-0.39, 0.29) is 16.9 Å². The van der Waals surface area contributed by atoms with Crippen LogP contribution in [-0.2, 0) is 6.18 Å². The predicted molar refractivity (Wildman–Crippen MR) is 89.9 cm³/mol. The van der Waals surface area contributed by atoms with Gasteiger partial charge in [-0.3, -0.25) is 4.79 Å². The van der Waals surface area contributed by atoms with Crippen LogP contribution in [0.1, 0.15) is 16.1 Å². The van der Waals surface area contributed by atoms with Gasteiger partial charge >= 0.3 is 6.18 Å². The van der Waals surface area contributed by atoms with Crippen LogP contribution in [0.25, 0.3) is 16.9 Å². The minimum atomic E-state index is -4.70. The van der Waals surface area contributed by atoms with Gasteiger partial charge in [0.1, 0.15) is 5.56 Å². The van der Waals surface area contributed by atoms with Gasteiger partial charge in [-0.15, -0.1) is 0 Å². The molecule has 0 aliphatic rings. The van der Waals surface area contributed by atoms with E-state index in [1.165, 1.54) is 27.3 Å². The maximum absolute atomic E-state index is 13.5. The lowest BCUT2D eigenvalue weighted by molar-refractivity contribution is -0.142. The van der Waals surface area contributed by atoms with Gasteiger partial charge in [-0.1, -0.05) is 0 Å². The first-order valence-corrected chi connectivity index (χ1v) is 7.70. The number of methoxy groups -OCH3 is 2. The molecular formula is C17H15F3N4O3. The molecule has 0 aliphatic heterocycles. The molecule has 7 nitrogen and oxygen atoms in total. The Bertz CT molecular complexity index is 1010. The summed E-state index contributed by atoms with van der Waals surface area (Å²) in [5, 5.41) is 6.04. The summed E-state index contributed by atoms with van der Waals surface area (Å²) in [5.41, 5.74) is -0.933. The Labute approximate surface area is 151 Å². The SMILES string of the molecule is CNC(=O)c1cnn2c(C(F)(F)F)cc(-c3ccc(OC)c(OC)c3)nc12. The molecule has 27 heavy (non-hydrogen) atoms. The number of benzene rings is 1. The Hall–Kier alpha value is -3.30. The molecule has 2 aromatic heterocycles. The molecule has 0 aliphatic carbocycles. The standard InChI is InChI=1S/C17H15F3N4O3/c1-21-16(25)10-8-22-24-14(17(18,19)20)7-11(23-15(10)24)9-4-5-12(26-2)13(6-9)27-3/h4-8H,1-3H3,(H,21,25). The van der Waals surface area contributed by atoms with Crippen molar-refractivity contribution in [2.24, 2.45) is 0 Å². The van der Waals surface area contributed by atoms with E-state index in [0.717, 1.165) is 12.3 Å². The second-order valence-electron chi connectivity index (χ2n) is 5.47. The van der Waals surface area contributed by atoms with Crippen molar-refractivity contribution >= 4 is 11.6 Å². The van der Waals surface area contributed by atoms with Crippen LogP contribution in [0.2, 0.25) is 0 Å². The lowest BCUT2D eigenvalue weighted by Crippen LogP contribution is -2.19. The van der Waals surface area contributed by atoms with Crippen LogP contribution in [0.15, 0.2) is 30.5 Å². The zero-order chi connectivity index (χ0) is 19.8. The molecular weight excluding hydrogens is 365 g/mol. The summed E-state index contributed by atoms with van der Waals surface area (Å²) in [6.07, 6.45) is -3.65. The fourth-order valence-corrected chi connectivity index (χ4v) is 2.60. The van der Waals surface area contributed by atoms with Crippen molar-refractivity contribution in [2.45, 2.75) is 6.18 Å². The van der Waals surface area contributed by atoms with Gasteiger partial charge < -0.3 is 14.8 Å². The Balaban J connectivity index is 2.29. The second-order valence-corrected chi connectivity index (χ2v) is 5.47. The topological polar surface area (TPSA) is 77.8 Å². The van der Waals surface area contributed by atoms with Gasteiger partial charge in [-0.2, -0.15) is 18.3 Å². The largest absolute Gasteiger partial charge is 0.493 e. The van der Waals surface area contributed by atoms with Crippen LogP contribution in [0.4, 0.5) is 13.2 Å². The molecule has 1 aromatic carbocycles. The molecule has 0 radical (unpaired) electrons. The summed E-state index contributed by atoms with van der Waals surface area (Å²) >= 11 is 0. The van der Waals surface area contributed by atoms with E-state index in [0.29, 0.717) is 21.6 Å². The third kappa shape index (κ3) is 3.25. The number of nitrogens with zero attached hydrogens (tertiary/aromatic N) is 3. The van der Waals surface area contributed by atoms with Crippen molar-refractivity contribution in [3.05, 3.63) is 41.7 Å². The molecule has 0 saturated heterocycles. The molecule has 0 spiro atoms. The van der Waals surface area contributed by atoms with Gasteiger partial charge in [0.2, 0.25) is 0 Å². The van der Waals surface area contributed by atoms with E-state index in [1.807, 2.05) is 0 Å². The average Bonchev–Trinajstić information content (AvgIpc) is 3.09. The molecule has 1 amide bonds. The first-order chi connectivity index (χ1) is 12.8. The van der Waals surface area contributed by atoms with Crippen molar-refractivity contribution < 1.29 is 27.4 Å². The van der Waals surface area contributed by atoms with Crippen molar-refractivity contribution in [1.82, 2.24) is 19.9 Å². The molecule has 3 rings (SSSR count). The summed E-state index contributed by atoms with van der Waals surface area (Å²) in [4.78, 5) is 16.2. The Morgan fingerprint density at radius 1 is 1.15 bits per heavy atom. The van der Waals surface area contributed by atoms with E-state index in [2.05, 4.69) is 15.4 Å². The minimum Gasteiger partial charge on any atom is -0.493 e. The van der Waals surface area contributed by atoms with Crippen molar-refractivity contribution in [1.29, 1.82) is 0 Å². The summed E-state index contributed by atoms with van der Waals surface area (Å²) in [6.45, 7) is 0. The average molecular weight is 380 g/mol. The van der Waals surface area contributed by atoms with E-state index >= 15 is 0 Å². The number of carbonyl (C=O) groups excluding carboxylic acids is 1. The number of amides is 1. The molecule has 10 heteroatoms. The van der Waals surface area contributed by atoms with Crippen molar-refractivity contribution in [3.63, 3.8) is 0 Å². The maximum atomic E-state index is 13.5. The van der Waals surface area contributed by atoms with Crippen LogP contribution >= 0.6 is 0 Å². The summed E-state index contributed by atoms with van der Waals surface area (Å²) in [7, 11) is 4.24. The lowest BCUT2D eigenvalue weighted by atomic mass is 10.1. The third-order valence-corrected chi connectivity index (χ3v) is 3.91. The molecule has 0 bridgehead atoms. The van der Waals surface area contributed by atoms with Gasteiger partial charge in [-0.05, 0) is 24.3 Å². The number of aromatic nitrogens is 3. The number of hydrogen-bond donors (Lipinski definition) is 1. The molecule has 0 unspecified atom stereocenters. The first kappa shape index (κ1) is 18.5. The van der Waals surface area contributed by atoms with E-state index in [4.69, 9.17) is 9.47 Å². The van der Waals surface area contributed by atoms with Crippen molar-refractivity contribution in [2.75, 3.05) is 21.3 Å². The van der Waals surface area contributed by atoms with Gasteiger partial charge in [0.05, 0.1) is 26.1 Å². The number of rotatable bonds is 4. The highest BCUT2D eigenvalue weighted by Crippen LogP contribution is 2.35. The number of fused-ring (bicyclic) bond motifs is 1. The number of hydrogen-bond acceptors (Lipinski definition) is 5. The van der Waals surface area contributed by atoms with Gasteiger partial charge in [-0.25, -0.2) is 9.50 Å². The number of carbonyl (C=O) groups is 1. The van der Waals surface area contributed by atoms with Gasteiger partial charge in [0.25, 0.3) is 5.91 Å². The minimum absolute atomic E-state index is 0.0152. The summed E-state index contributed by atoms with van der Waals surface area (Å²) in [5.74, 6) is 0.175. The maximum Gasteiger partial charge on any atom is 0.433 e. The highest BCUT2D eigenvalue weighted by atomic mass is 19.4. The highest BCUT2D eigenvalue weighted by Gasteiger charge is 2.36. The molecule has 0 saturated carbocycles. The highest BCUT2D eigenvalue weighted by molar-refractivity contribution is 5.99. The molecule has 3 aromatic rings. The van der Waals surface area contributed by atoms with Crippen LogP contribution in [0.3, 0.4) is 0 Å². The van der Waals surface area contributed by atoms with Crippen LogP contribution < -0.4 is 14.8 Å². The quantitative estimate of drug-likeness (QED) is 0.753. The second kappa shape index (κ2) is 6.78. The zero-order valence-corrected chi connectivity index (χ0v) is 14.6. The van der Waals surface area contributed by atoms with Crippen LogP contribution in [-0.4, -0.2) is 41.8 Å². The van der Waals surface area contributed by atoms with E-state index < -0.39 is 17.8 Å². The third-order valence-electron chi connectivity index (χ3n) is 3.91. The lowest BCUT2D eigenvalue weighted by Gasteiger charge is -2.13. The Morgan fingerprint density at radius 2 is 1.85 bits per heavy atom. The Morgan fingerprint density at radius 3 is 2.44 bits per heavy atom. The summed E-state index contributed by atoms with van der Waals surface area (Å²) < 4.78 is 51.5. The van der Waals surface area contributed by atoms with E-state index in [9.17, 15) is 18.0 Å². The zero-order valence-electron chi connectivity index (χ0n) is 14.6. The normalized spacial score (nSPS) is 11.5. The molecule has 0 fully saturated rings. The smallest absolute Gasteiger partial charge is 0.433 e. The van der Waals surface area contributed by atoms with Crippen LogP contribution in [0, 0.1) is 0 Å². The van der Waals surface area contributed by atoms with Crippen LogP contribution in [0.5, 0.6) is 11.5 Å². The number of alkyl halides is 3. The number of halogens is 3. The molecule has 2 heterocycles. The Kier molecular flexibility index (Phi) is 4.64. The molecule has 142 valence electrons. The first-order valence-electron chi connectivity index (χ1n) is 7.70. The summed E-state index contributed by atoms with van der Waals surface area (Å²) in [6, 6.07) is 5.49. The fourth-order valence-electron chi connectivity index (χ4n) is 2.60. The number of nitrogens with one attached hydrogen (secondary N) is 1. The van der Waals surface area contributed by atoms with Crippen molar-refractivity contribution in [3.8, 4) is 22.8 Å². The molecule has 0 atom stereocenters. The number of ether oxygens (including phenoxy) is 2. The fraction of sp³-hybridized carbons (Fsp3) is 0.235.